The predicted octanol–water partition coefficient (Wildman–Crippen LogP) is 3.95. The number of aliphatic hydroxyl groups excluding tert-OH is 1. The Balaban J connectivity index is 2.88. The van der Waals surface area contributed by atoms with Crippen molar-refractivity contribution in [1.29, 1.82) is 0 Å². The Kier molecular flexibility index (Phi) is 13.4. The van der Waals surface area contributed by atoms with Gasteiger partial charge in [0.05, 0.1) is 26.4 Å². The Morgan fingerprint density at radius 2 is 1.81 bits per heavy atom. The highest BCUT2D eigenvalue weighted by Gasteiger charge is 2.59. The predicted molar refractivity (Wildman–Crippen MR) is 135 cm³/mol. The maximum absolute atomic E-state index is 13.3. The number of rotatable bonds is 16. The molecule has 1 rings (SSSR count). The van der Waals surface area contributed by atoms with Crippen LogP contribution in [0.1, 0.15) is 39.2 Å². The van der Waals surface area contributed by atoms with E-state index in [0.717, 1.165) is 19.1 Å². The molecular formula is C25H40ClF3N2O6. The van der Waals surface area contributed by atoms with Gasteiger partial charge in [0, 0.05) is 45.1 Å². The van der Waals surface area contributed by atoms with E-state index in [9.17, 15) is 23.1 Å². The Bertz CT molecular complexity index is 845. The third-order valence-corrected chi connectivity index (χ3v) is 6.70. The lowest BCUT2D eigenvalue weighted by atomic mass is 9.83. The maximum Gasteiger partial charge on any atom is 0.426 e. The van der Waals surface area contributed by atoms with Gasteiger partial charge in [-0.1, -0.05) is 19.9 Å². The number of ether oxygens (including phenoxy) is 4. The Morgan fingerprint density at radius 1 is 1.16 bits per heavy atom. The number of halogens is 4. The maximum atomic E-state index is 13.3. The van der Waals surface area contributed by atoms with Crippen LogP contribution >= 0.6 is 11.8 Å². The molecule has 3 N–H and O–H groups in total. The van der Waals surface area contributed by atoms with Gasteiger partial charge in [0.15, 0.2) is 11.5 Å². The van der Waals surface area contributed by atoms with Crippen molar-refractivity contribution in [3.8, 4) is 11.5 Å². The van der Waals surface area contributed by atoms with Gasteiger partial charge in [0.1, 0.15) is 0 Å². The Hall–Kier alpha value is -1.79. The number of nitrogens with zero attached hydrogens (tertiary/aromatic N) is 1. The fourth-order valence-corrected chi connectivity index (χ4v) is 3.99. The zero-order valence-corrected chi connectivity index (χ0v) is 23.1. The van der Waals surface area contributed by atoms with Crippen LogP contribution in [0.3, 0.4) is 0 Å². The number of hydrogen-bond acceptors (Lipinski definition) is 7. The molecule has 0 heterocycles. The molecule has 37 heavy (non-hydrogen) atoms. The van der Waals surface area contributed by atoms with Gasteiger partial charge >= 0.3 is 6.18 Å². The van der Waals surface area contributed by atoms with Gasteiger partial charge < -0.3 is 29.8 Å². The molecule has 0 fully saturated rings. The van der Waals surface area contributed by atoms with E-state index in [1.807, 2.05) is 32.0 Å². The zero-order chi connectivity index (χ0) is 28.4. The summed E-state index contributed by atoms with van der Waals surface area (Å²) in [7, 11) is 3.94. The van der Waals surface area contributed by atoms with E-state index in [4.69, 9.17) is 31.7 Å². The number of aliphatic hydroxyl groups is 1. The van der Waals surface area contributed by atoms with Gasteiger partial charge in [-0.15, -0.1) is 0 Å². The first kappa shape index (κ1) is 33.2. The van der Waals surface area contributed by atoms with Crippen LogP contribution in [0.5, 0.6) is 11.5 Å². The van der Waals surface area contributed by atoms with E-state index in [-0.39, 0.29) is 16.3 Å². The first-order valence-corrected chi connectivity index (χ1v) is 12.4. The van der Waals surface area contributed by atoms with Crippen molar-refractivity contribution in [2.24, 2.45) is 17.6 Å². The molecule has 0 bridgehead atoms. The smallest absolute Gasteiger partial charge is 0.426 e. The van der Waals surface area contributed by atoms with E-state index in [1.54, 1.807) is 14.2 Å². The molecule has 0 aromatic heterocycles. The summed E-state index contributed by atoms with van der Waals surface area (Å²) in [6.07, 6.45) is -4.68. The van der Waals surface area contributed by atoms with Gasteiger partial charge in [0.25, 0.3) is 5.91 Å². The average Bonchev–Trinajstić information content (AvgIpc) is 2.84. The van der Waals surface area contributed by atoms with Crippen molar-refractivity contribution in [2.45, 2.75) is 64.0 Å². The molecule has 1 aromatic rings. The Labute approximate surface area is 222 Å². The largest absolute Gasteiger partial charge is 0.493 e. The number of amides is 1. The second kappa shape index (κ2) is 15.0. The molecule has 1 amide bonds. The molecule has 0 saturated heterocycles. The van der Waals surface area contributed by atoms with Gasteiger partial charge in [-0.3, -0.25) is 4.79 Å². The highest BCUT2D eigenvalue weighted by Crippen LogP contribution is 2.35. The average molecular weight is 557 g/mol. The number of carbonyl (C=O) groups excluding carboxylic acids is 1. The first-order valence-electron chi connectivity index (χ1n) is 12.0. The summed E-state index contributed by atoms with van der Waals surface area (Å²) in [5.74, 6) is -0.152. The van der Waals surface area contributed by atoms with E-state index in [1.165, 1.54) is 0 Å². The van der Waals surface area contributed by atoms with Crippen LogP contribution < -0.4 is 15.2 Å². The molecule has 0 saturated carbocycles. The monoisotopic (exact) mass is 556 g/mol. The minimum absolute atomic E-state index is 0.0123. The molecule has 1 aromatic carbocycles. The van der Waals surface area contributed by atoms with E-state index in [2.05, 4.69) is 4.74 Å². The number of methoxy groups -OCH3 is 3. The molecule has 214 valence electrons. The molecule has 0 aliphatic rings. The summed E-state index contributed by atoms with van der Waals surface area (Å²) >= 11 is 5.83. The van der Waals surface area contributed by atoms with E-state index >= 15 is 0 Å². The first-order chi connectivity index (χ1) is 17.2. The molecule has 12 heteroatoms. The van der Waals surface area contributed by atoms with Crippen molar-refractivity contribution < 1.29 is 42.0 Å². The number of alkyl halides is 3. The second-order valence-corrected chi connectivity index (χ2v) is 9.85. The van der Waals surface area contributed by atoms with Crippen molar-refractivity contribution in [3.63, 3.8) is 0 Å². The lowest BCUT2D eigenvalue weighted by Crippen LogP contribution is -2.57. The zero-order valence-electron chi connectivity index (χ0n) is 22.3. The van der Waals surface area contributed by atoms with Crippen molar-refractivity contribution >= 4 is 17.7 Å². The van der Waals surface area contributed by atoms with Crippen LogP contribution in [-0.4, -0.2) is 80.4 Å². The number of carbonyl (C=O) groups is 1. The minimum atomic E-state index is -4.99. The van der Waals surface area contributed by atoms with Gasteiger partial charge in [-0.2, -0.15) is 13.2 Å². The number of benzene rings is 1. The van der Waals surface area contributed by atoms with Gasteiger partial charge in [-0.05, 0) is 49.3 Å². The summed E-state index contributed by atoms with van der Waals surface area (Å²) in [6.45, 7) is 5.05. The molecule has 0 unspecified atom stereocenters. The molecule has 8 nitrogen and oxygen atoms in total. The van der Waals surface area contributed by atoms with Gasteiger partial charge in [0.2, 0.25) is 5.60 Å². The quantitative estimate of drug-likeness (QED) is 0.235. The van der Waals surface area contributed by atoms with Crippen LogP contribution in [0.25, 0.3) is 0 Å². The Morgan fingerprint density at radius 3 is 2.32 bits per heavy atom. The van der Waals surface area contributed by atoms with E-state index < -0.39 is 36.4 Å². The van der Waals surface area contributed by atoms with Crippen LogP contribution in [0, 0.1) is 11.8 Å². The summed E-state index contributed by atoms with van der Waals surface area (Å²) in [6, 6.07) is 4.78. The summed E-state index contributed by atoms with van der Waals surface area (Å²) in [5.41, 5.74) is 4.03. The molecule has 4 atom stereocenters. The lowest BCUT2D eigenvalue weighted by molar-refractivity contribution is -0.256. The summed E-state index contributed by atoms with van der Waals surface area (Å²) < 4.78 is 60.9. The lowest BCUT2D eigenvalue weighted by Gasteiger charge is -2.33. The summed E-state index contributed by atoms with van der Waals surface area (Å²) in [5, 5.41) is 10.6. The van der Waals surface area contributed by atoms with Crippen LogP contribution in [0.15, 0.2) is 18.2 Å². The SMILES string of the molecule is COCCCOc1cc(C[C@@H](C[C@H](N)[C@@H](O)CN(Cl)C(=O)[C@](C)(OC)C(F)(F)F)C(C)C)ccc1OC. The third kappa shape index (κ3) is 9.47. The summed E-state index contributed by atoms with van der Waals surface area (Å²) in [4.78, 5) is 12.3. The minimum Gasteiger partial charge on any atom is -0.493 e. The van der Waals surface area contributed by atoms with E-state index in [0.29, 0.717) is 44.5 Å². The standard InChI is InChI=1S/C25H40ClF3N2O6/c1-16(2)18(12-17-8-9-21(35-5)22(13-17)37-11-7-10-34-4)14-19(30)20(32)15-31(26)23(33)24(3,36-6)25(27,28)29/h8-9,13,16,18-20,32H,7,10-12,14-15,30H2,1-6H3/t18-,19-,20-,24-/m0/s1. The fourth-order valence-electron chi connectivity index (χ4n) is 3.69. The van der Waals surface area contributed by atoms with Crippen molar-refractivity contribution in [2.75, 3.05) is 41.1 Å². The normalized spacial score (nSPS) is 16.1. The molecule has 0 radical (unpaired) electrons. The van der Waals surface area contributed by atoms with Crippen molar-refractivity contribution in [3.05, 3.63) is 23.8 Å². The highest BCUT2D eigenvalue weighted by molar-refractivity contribution is 6.22. The second-order valence-electron chi connectivity index (χ2n) is 9.44. The van der Waals surface area contributed by atoms with Crippen molar-refractivity contribution in [1.82, 2.24) is 4.42 Å². The fraction of sp³-hybridized carbons (Fsp3) is 0.720. The molecule has 0 aliphatic carbocycles. The third-order valence-electron chi connectivity index (χ3n) is 6.41. The van der Waals surface area contributed by atoms with Crippen LogP contribution in [-0.2, 0) is 20.7 Å². The number of nitrogens with two attached hydrogens (primary N) is 1. The molecular weight excluding hydrogens is 517 g/mol. The molecule has 0 spiro atoms. The highest BCUT2D eigenvalue weighted by atomic mass is 35.5. The molecule has 0 aliphatic heterocycles. The van der Waals surface area contributed by atoms with Crippen LogP contribution in [0.4, 0.5) is 13.2 Å². The number of hydrogen-bond donors (Lipinski definition) is 2. The van der Waals surface area contributed by atoms with Gasteiger partial charge in [-0.25, -0.2) is 4.42 Å². The topological polar surface area (TPSA) is 103 Å². The van der Waals surface area contributed by atoms with Crippen LogP contribution in [0.2, 0.25) is 0 Å².